The van der Waals surface area contributed by atoms with E-state index in [1.54, 1.807) is 24.9 Å². The van der Waals surface area contributed by atoms with Crippen molar-refractivity contribution in [3.8, 4) is 0 Å². The third kappa shape index (κ3) is 5.30. The molecule has 0 aliphatic rings. The monoisotopic (exact) mass is 275 g/mol. The van der Waals surface area contributed by atoms with Crippen LogP contribution in [-0.2, 0) is 22.3 Å². The number of rotatable bonds is 5. The Hall–Kier alpha value is -1.56. The number of benzene rings is 1. The second-order valence-electron chi connectivity index (χ2n) is 4.18. The van der Waals surface area contributed by atoms with E-state index in [1.807, 2.05) is 0 Å². The standard InChI is InChI=1S/C13H16F3NO2/c1-3-19-12(18)9-17(2)8-10-5-4-6-11(7-10)13(14,15)16/h4-7H,3,8-9H2,1-2H3. The molecule has 0 radical (unpaired) electrons. The second kappa shape index (κ2) is 6.56. The number of likely N-dealkylation sites (N-methyl/N-ethyl adjacent to an activating group) is 1. The van der Waals surface area contributed by atoms with Gasteiger partial charge in [-0.1, -0.05) is 18.2 Å². The van der Waals surface area contributed by atoms with E-state index in [0.717, 1.165) is 12.1 Å². The van der Waals surface area contributed by atoms with Gasteiger partial charge in [0, 0.05) is 6.54 Å². The molecule has 0 heterocycles. The lowest BCUT2D eigenvalue weighted by Gasteiger charge is -2.16. The van der Waals surface area contributed by atoms with Crippen LogP contribution in [0.25, 0.3) is 0 Å². The lowest BCUT2D eigenvalue weighted by Crippen LogP contribution is -2.27. The number of nitrogens with zero attached hydrogens (tertiary/aromatic N) is 1. The molecule has 0 bridgehead atoms. The van der Waals surface area contributed by atoms with E-state index in [-0.39, 0.29) is 19.7 Å². The molecule has 3 nitrogen and oxygen atoms in total. The van der Waals surface area contributed by atoms with Gasteiger partial charge in [-0.25, -0.2) is 0 Å². The Morgan fingerprint density at radius 2 is 2.05 bits per heavy atom. The van der Waals surface area contributed by atoms with Crippen LogP contribution in [0.1, 0.15) is 18.1 Å². The van der Waals surface area contributed by atoms with Crippen LogP contribution < -0.4 is 0 Å². The molecular formula is C13H16F3NO2. The molecule has 0 aliphatic carbocycles. The summed E-state index contributed by atoms with van der Waals surface area (Å²) in [6.07, 6.45) is -4.35. The van der Waals surface area contributed by atoms with Gasteiger partial charge in [-0.3, -0.25) is 9.69 Å². The molecule has 0 atom stereocenters. The van der Waals surface area contributed by atoms with Crippen molar-refractivity contribution in [3.63, 3.8) is 0 Å². The second-order valence-corrected chi connectivity index (χ2v) is 4.18. The predicted molar refractivity (Wildman–Crippen MR) is 64.4 cm³/mol. The number of halogens is 3. The van der Waals surface area contributed by atoms with Gasteiger partial charge in [-0.2, -0.15) is 13.2 Å². The van der Waals surface area contributed by atoms with Crippen molar-refractivity contribution in [1.29, 1.82) is 0 Å². The smallest absolute Gasteiger partial charge is 0.416 e. The number of alkyl halides is 3. The Kier molecular flexibility index (Phi) is 5.35. The largest absolute Gasteiger partial charge is 0.465 e. The molecule has 0 spiro atoms. The zero-order valence-corrected chi connectivity index (χ0v) is 10.8. The first-order valence-corrected chi connectivity index (χ1v) is 5.83. The number of hydrogen-bond acceptors (Lipinski definition) is 3. The first kappa shape index (κ1) is 15.5. The molecule has 0 saturated heterocycles. The first-order valence-electron chi connectivity index (χ1n) is 5.83. The van der Waals surface area contributed by atoms with Gasteiger partial charge >= 0.3 is 12.1 Å². The lowest BCUT2D eigenvalue weighted by atomic mass is 10.1. The lowest BCUT2D eigenvalue weighted by molar-refractivity contribution is -0.144. The SMILES string of the molecule is CCOC(=O)CN(C)Cc1cccc(C(F)(F)F)c1. The van der Waals surface area contributed by atoms with Gasteiger partial charge in [0.15, 0.2) is 0 Å². The van der Waals surface area contributed by atoms with E-state index in [0.29, 0.717) is 5.56 Å². The van der Waals surface area contributed by atoms with Crippen molar-refractivity contribution < 1.29 is 22.7 Å². The molecule has 106 valence electrons. The molecule has 0 aliphatic heterocycles. The Morgan fingerprint density at radius 1 is 1.37 bits per heavy atom. The van der Waals surface area contributed by atoms with E-state index in [2.05, 4.69) is 0 Å². The maximum atomic E-state index is 12.5. The molecule has 0 N–H and O–H groups in total. The van der Waals surface area contributed by atoms with Gasteiger partial charge in [0.2, 0.25) is 0 Å². The molecule has 6 heteroatoms. The summed E-state index contributed by atoms with van der Waals surface area (Å²) < 4.78 is 42.4. The molecule has 1 rings (SSSR count). The fourth-order valence-corrected chi connectivity index (χ4v) is 1.64. The molecule has 0 unspecified atom stereocenters. The number of carbonyl (C=O) groups excluding carboxylic acids is 1. The van der Waals surface area contributed by atoms with Crippen molar-refractivity contribution >= 4 is 5.97 Å². The van der Waals surface area contributed by atoms with Crippen LogP contribution in [0, 0.1) is 0 Å². The topological polar surface area (TPSA) is 29.5 Å². The highest BCUT2D eigenvalue weighted by molar-refractivity contribution is 5.71. The molecule has 0 aromatic heterocycles. The fraction of sp³-hybridized carbons (Fsp3) is 0.462. The molecular weight excluding hydrogens is 259 g/mol. The van der Waals surface area contributed by atoms with E-state index in [9.17, 15) is 18.0 Å². The minimum absolute atomic E-state index is 0.0457. The summed E-state index contributed by atoms with van der Waals surface area (Å²) in [7, 11) is 1.65. The minimum Gasteiger partial charge on any atom is -0.465 e. The highest BCUT2D eigenvalue weighted by atomic mass is 19.4. The Morgan fingerprint density at radius 3 is 2.63 bits per heavy atom. The Balaban J connectivity index is 2.64. The highest BCUT2D eigenvalue weighted by Gasteiger charge is 2.30. The van der Waals surface area contributed by atoms with Gasteiger partial charge in [0.25, 0.3) is 0 Å². The van der Waals surface area contributed by atoms with Crippen molar-refractivity contribution in [1.82, 2.24) is 4.90 Å². The van der Waals surface area contributed by atoms with E-state index < -0.39 is 17.7 Å². The van der Waals surface area contributed by atoms with E-state index >= 15 is 0 Å². The number of carbonyl (C=O) groups is 1. The highest BCUT2D eigenvalue weighted by Crippen LogP contribution is 2.29. The quantitative estimate of drug-likeness (QED) is 0.774. The van der Waals surface area contributed by atoms with Crippen LogP contribution in [-0.4, -0.2) is 31.1 Å². The molecule has 1 aromatic rings. The maximum Gasteiger partial charge on any atom is 0.416 e. The van der Waals surface area contributed by atoms with E-state index in [4.69, 9.17) is 4.74 Å². The Labute approximate surface area is 110 Å². The molecule has 0 saturated carbocycles. The van der Waals surface area contributed by atoms with Crippen molar-refractivity contribution in [3.05, 3.63) is 35.4 Å². The van der Waals surface area contributed by atoms with Gasteiger partial charge in [0.1, 0.15) is 0 Å². The Bertz CT molecular complexity index is 432. The van der Waals surface area contributed by atoms with Crippen LogP contribution in [0.15, 0.2) is 24.3 Å². The van der Waals surface area contributed by atoms with E-state index in [1.165, 1.54) is 6.07 Å². The summed E-state index contributed by atoms with van der Waals surface area (Å²) in [6, 6.07) is 5.06. The minimum atomic E-state index is -4.35. The normalized spacial score (nSPS) is 11.7. The molecule has 19 heavy (non-hydrogen) atoms. The van der Waals surface area contributed by atoms with Gasteiger partial charge < -0.3 is 4.74 Å². The van der Waals surface area contributed by atoms with Crippen LogP contribution in [0.3, 0.4) is 0 Å². The summed E-state index contributed by atoms with van der Waals surface area (Å²) >= 11 is 0. The molecule has 1 aromatic carbocycles. The summed E-state index contributed by atoms with van der Waals surface area (Å²) in [5, 5.41) is 0. The summed E-state index contributed by atoms with van der Waals surface area (Å²) in [5.41, 5.74) is -0.184. The van der Waals surface area contributed by atoms with Crippen LogP contribution in [0.2, 0.25) is 0 Å². The fourth-order valence-electron chi connectivity index (χ4n) is 1.64. The summed E-state index contributed by atoms with van der Waals surface area (Å²) in [4.78, 5) is 12.8. The number of hydrogen-bond donors (Lipinski definition) is 0. The van der Waals surface area contributed by atoms with Crippen molar-refractivity contribution in [2.75, 3.05) is 20.2 Å². The zero-order chi connectivity index (χ0) is 14.5. The average Bonchev–Trinajstić information content (AvgIpc) is 2.28. The van der Waals surface area contributed by atoms with Crippen LogP contribution in [0.5, 0.6) is 0 Å². The maximum absolute atomic E-state index is 12.5. The van der Waals surface area contributed by atoms with Gasteiger partial charge in [-0.15, -0.1) is 0 Å². The van der Waals surface area contributed by atoms with Gasteiger partial charge in [0.05, 0.1) is 18.7 Å². The van der Waals surface area contributed by atoms with Crippen LogP contribution in [0.4, 0.5) is 13.2 Å². The summed E-state index contributed by atoms with van der Waals surface area (Å²) in [6.45, 7) is 2.29. The summed E-state index contributed by atoms with van der Waals surface area (Å²) in [5.74, 6) is -0.392. The van der Waals surface area contributed by atoms with Crippen molar-refractivity contribution in [2.45, 2.75) is 19.6 Å². The van der Waals surface area contributed by atoms with Crippen molar-refractivity contribution in [2.24, 2.45) is 0 Å². The molecule has 0 fully saturated rings. The third-order valence-electron chi connectivity index (χ3n) is 2.41. The van der Waals surface area contributed by atoms with Crippen LogP contribution >= 0.6 is 0 Å². The number of esters is 1. The number of ether oxygens (including phenoxy) is 1. The van der Waals surface area contributed by atoms with Gasteiger partial charge in [-0.05, 0) is 25.6 Å². The zero-order valence-electron chi connectivity index (χ0n) is 10.8. The predicted octanol–water partition coefficient (Wildman–Crippen LogP) is 2.70. The average molecular weight is 275 g/mol. The molecule has 0 amide bonds. The third-order valence-corrected chi connectivity index (χ3v) is 2.41. The first-order chi connectivity index (χ1) is 8.82.